The van der Waals surface area contributed by atoms with Crippen molar-refractivity contribution in [1.29, 1.82) is 0 Å². The number of thioether (sulfide) groups is 1. The van der Waals surface area contributed by atoms with Crippen molar-refractivity contribution in [2.24, 2.45) is 0 Å². The van der Waals surface area contributed by atoms with Crippen LogP contribution in [0, 0.1) is 0 Å². The number of ether oxygens (including phenoxy) is 1. The molecule has 1 unspecified atom stereocenters. The number of methoxy groups -OCH3 is 1. The van der Waals surface area contributed by atoms with Crippen LogP contribution in [0.25, 0.3) is 6.08 Å². The Labute approximate surface area is 157 Å². The van der Waals surface area contributed by atoms with E-state index in [1.54, 1.807) is 12.1 Å². The molecule has 1 amide bonds. The first-order valence-corrected chi connectivity index (χ1v) is 8.37. The molecule has 0 aliphatic carbocycles. The van der Waals surface area contributed by atoms with Gasteiger partial charge in [-0.15, -0.1) is 0 Å². The Morgan fingerprint density at radius 1 is 1.27 bits per heavy atom. The van der Waals surface area contributed by atoms with Crippen molar-refractivity contribution in [3.8, 4) is 0 Å². The number of carboxylic acids is 2. The molecule has 0 radical (unpaired) electrons. The predicted octanol–water partition coefficient (Wildman–Crippen LogP) is 1.60. The van der Waals surface area contributed by atoms with E-state index in [2.05, 4.69) is 4.74 Å². The van der Waals surface area contributed by atoms with Gasteiger partial charge in [-0.05, 0) is 23.8 Å². The maximum absolute atomic E-state index is 12.5. The number of carbonyl (C=O) groups is 4. The summed E-state index contributed by atoms with van der Waals surface area (Å²) in [6, 6.07) is 4.63. The Balaban J connectivity index is 2.27. The lowest BCUT2D eigenvalue weighted by Gasteiger charge is -2.21. The highest BCUT2D eigenvalue weighted by Gasteiger charge is 2.41. The zero-order valence-electron chi connectivity index (χ0n) is 13.4. The van der Waals surface area contributed by atoms with Crippen LogP contribution in [0.2, 0.25) is 0 Å². The van der Waals surface area contributed by atoms with Crippen molar-refractivity contribution < 1.29 is 34.1 Å². The van der Waals surface area contributed by atoms with E-state index in [1.807, 2.05) is 0 Å². The number of benzene rings is 1. The van der Waals surface area contributed by atoms with E-state index in [1.165, 1.54) is 25.3 Å². The second kappa shape index (κ2) is 8.11. The fourth-order valence-corrected chi connectivity index (χ4v) is 3.54. The zero-order valence-corrected chi connectivity index (χ0v) is 15.0. The van der Waals surface area contributed by atoms with Crippen molar-refractivity contribution in [2.45, 2.75) is 12.5 Å². The van der Waals surface area contributed by atoms with Gasteiger partial charge in [0.15, 0.2) is 0 Å². The summed E-state index contributed by atoms with van der Waals surface area (Å²) in [5, 5.41) is 18.1. The molecule has 0 spiro atoms. The standard InChI is InChI=1S/C16H13NO7S2/c1-24-15(23)9-4-2-8(3-5-9)6-11-13(20)17(16(25)26-11)10(14(21)22)7-12(18)19/h2-6,10H,7H2,1H3,(H,18,19)(H,21,22)/b11-6-. The number of esters is 1. The topological polar surface area (TPSA) is 121 Å². The van der Waals surface area contributed by atoms with Gasteiger partial charge < -0.3 is 14.9 Å². The van der Waals surface area contributed by atoms with Gasteiger partial charge in [0.05, 0.1) is 24.0 Å². The third-order valence-corrected chi connectivity index (χ3v) is 4.75. The summed E-state index contributed by atoms with van der Waals surface area (Å²) in [4.78, 5) is 47.0. The first-order chi connectivity index (χ1) is 12.2. The summed E-state index contributed by atoms with van der Waals surface area (Å²) in [7, 11) is 1.26. The molecule has 136 valence electrons. The smallest absolute Gasteiger partial charge is 0.337 e. The van der Waals surface area contributed by atoms with Gasteiger partial charge in [0, 0.05) is 0 Å². The number of carbonyl (C=O) groups excluding carboxylic acids is 2. The van der Waals surface area contributed by atoms with Gasteiger partial charge in [0.25, 0.3) is 5.91 Å². The van der Waals surface area contributed by atoms with Crippen LogP contribution in [0.3, 0.4) is 0 Å². The Bertz CT molecular complexity index is 816. The number of hydrogen-bond donors (Lipinski definition) is 2. The minimum Gasteiger partial charge on any atom is -0.481 e. The van der Waals surface area contributed by atoms with Gasteiger partial charge in [-0.2, -0.15) is 0 Å². The van der Waals surface area contributed by atoms with Crippen LogP contribution >= 0.6 is 24.0 Å². The highest BCUT2D eigenvalue weighted by atomic mass is 32.2. The van der Waals surface area contributed by atoms with Crippen LogP contribution in [0.1, 0.15) is 22.3 Å². The Kier molecular flexibility index (Phi) is 6.11. The van der Waals surface area contributed by atoms with Gasteiger partial charge in [-0.25, -0.2) is 9.59 Å². The van der Waals surface area contributed by atoms with E-state index in [9.17, 15) is 24.3 Å². The maximum Gasteiger partial charge on any atom is 0.337 e. The van der Waals surface area contributed by atoms with Crippen LogP contribution in [-0.2, 0) is 19.1 Å². The van der Waals surface area contributed by atoms with Gasteiger partial charge >= 0.3 is 17.9 Å². The molecule has 1 saturated heterocycles. The van der Waals surface area contributed by atoms with Gasteiger partial charge in [-0.1, -0.05) is 36.1 Å². The second-order valence-electron chi connectivity index (χ2n) is 5.12. The number of thiocarbonyl (C=S) groups is 1. The molecule has 1 aromatic rings. The van der Waals surface area contributed by atoms with E-state index < -0.39 is 36.3 Å². The molecular formula is C16H13NO7S2. The molecule has 1 aromatic carbocycles. The third kappa shape index (κ3) is 4.27. The molecule has 1 heterocycles. The molecule has 1 aliphatic heterocycles. The number of carboxylic acid groups (broad SMARTS) is 2. The van der Waals surface area contributed by atoms with Crippen molar-refractivity contribution in [3.05, 3.63) is 40.3 Å². The minimum absolute atomic E-state index is 0.0268. The lowest BCUT2D eigenvalue weighted by molar-refractivity contribution is -0.150. The fraction of sp³-hybridized carbons (Fsp3) is 0.188. The summed E-state index contributed by atoms with van der Waals surface area (Å²) in [6.45, 7) is 0. The molecule has 0 saturated carbocycles. The lowest BCUT2D eigenvalue weighted by Crippen LogP contribution is -2.45. The zero-order chi connectivity index (χ0) is 19.4. The van der Waals surface area contributed by atoms with Crippen LogP contribution < -0.4 is 0 Å². The van der Waals surface area contributed by atoms with Crippen molar-refractivity contribution in [2.75, 3.05) is 7.11 Å². The van der Waals surface area contributed by atoms with Crippen molar-refractivity contribution in [1.82, 2.24) is 4.90 Å². The molecule has 8 nitrogen and oxygen atoms in total. The van der Waals surface area contributed by atoms with Gasteiger partial charge in [-0.3, -0.25) is 14.5 Å². The summed E-state index contributed by atoms with van der Waals surface area (Å²) >= 11 is 5.93. The van der Waals surface area contributed by atoms with E-state index >= 15 is 0 Å². The Hall–Kier alpha value is -2.72. The summed E-state index contributed by atoms with van der Waals surface area (Å²) < 4.78 is 4.57. The molecule has 2 N–H and O–H groups in total. The molecule has 26 heavy (non-hydrogen) atoms. The third-order valence-electron chi connectivity index (χ3n) is 3.42. The van der Waals surface area contributed by atoms with E-state index in [-0.39, 0.29) is 9.23 Å². The predicted molar refractivity (Wildman–Crippen MR) is 96.5 cm³/mol. The molecule has 0 aromatic heterocycles. The average molecular weight is 395 g/mol. The largest absolute Gasteiger partial charge is 0.481 e. The summed E-state index contributed by atoms with van der Waals surface area (Å²) in [5.74, 6) is -3.98. The van der Waals surface area contributed by atoms with Crippen molar-refractivity contribution in [3.63, 3.8) is 0 Å². The first kappa shape index (κ1) is 19.6. The molecular weight excluding hydrogens is 382 g/mol. The van der Waals surface area contributed by atoms with Gasteiger partial charge in [0.1, 0.15) is 10.4 Å². The summed E-state index contributed by atoms with van der Waals surface area (Å²) in [6.07, 6.45) is 0.725. The molecule has 1 aliphatic rings. The number of amides is 1. The number of aliphatic carboxylic acids is 2. The number of rotatable bonds is 6. The highest BCUT2D eigenvalue weighted by Crippen LogP contribution is 2.34. The lowest BCUT2D eigenvalue weighted by atomic mass is 10.1. The van der Waals surface area contributed by atoms with Crippen LogP contribution in [0.15, 0.2) is 29.2 Å². The molecule has 10 heteroatoms. The molecule has 1 atom stereocenters. The monoisotopic (exact) mass is 395 g/mol. The molecule has 0 bridgehead atoms. The fourth-order valence-electron chi connectivity index (χ4n) is 2.19. The first-order valence-electron chi connectivity index (χ1n) is 7.14. The van der Waals surface area contributed by atoms with E-state index in [4.69, 9.17) is 17.3 Å². The van der Waals surface area contributed by atoms with E-state index in [0.29, 0.717) is 11.1 Å². The second-order valence-corrected chi connectivity index (χ2v) is 6.79. The van der Waals surface area contributed by atoms with Crippen LogP contribution in [0.4, 0.5) is 0 Å². The molecule has 1 fully saturated rings. The number of nitrogens with zero attached hydrogens (tertiary/aromatic N) is 1. The van der Waals surface area contributed by atoms with E-state index in [0.717, 1.165) is 16.7 Å². The SMILES string of the molecule is COC(=O)c1ccc(/C=C2\SC(=S)N(C(CC(=O)O)C(=O)O)C2=O)cc1. The number of hydrogen-bond acceptors (Lipinski definition) is 7. The van der Waals surface area contributed by atoms with Crippen LogP contribution in [-0.4, -0.2) is 56.4 Å². The van der Waals surface area contributed by atoms with Gasteiger partial charge in [0.2, 0.25) is 0 Å². The summed E-state index contributed by atoms with van der Waals surface area (Å²) in [5.41, 5.74) is 0.924. The van der Waals surface area contributed by atoms with Crippen LogP contribution in [0.5, 0.6) is 0 Å². The average Bonchev–Trinajstić information content (AvgIpc) is 2.86. The minimum atomic E-state index is -1.58. The quantitative estimate of drug-likeness (QED) is 0.420. The van der Waals surface area contributed by atoms with Crippen molar-refractivity contribution >= 4 is 58.2 Å². The Morgan fingerprint density at radius 2 is 1.88 bits per heavy atom. The molecule has 2 rings (SSSR count). The maximum atomic E-state index is 12.5. The Morgan fingerprint density at radius 3 is 2.38 bits per heavy atom. The highest BCUT2D eigenvalue weighted by molar-refractivity contribution is 8.26. The normalized spacial score (nSPS) is 16.7.